The van der Waals surface area contributed by atoms with Crippen molar-refractivity contribution in [1.29, 1.82) is 0 Å². The predicted molar refractivity (Wildman–Crippen MR) is 88.1 cm³/mol. The van der Waals surface area contributed by atoms with Gasteiger partial charge in [-0.1, -0.05) is 60.1 Å². The smallest absolute Gasteiger partial charge is 0.408 e. The van der Waals surface area contributed by atoms with Crippen LogP contribution in [0.15, 0.2) is 51.7 Å². The molecule has 108 valence electrons. The first kappa shape index (κ1) is 14.1. The van der Waals surface area contributed by atoms with Crippen LogP contribution in [-0.4, -0.2) is 4.98 Å². The molecule has 0 spiro atoms. The Morgan fingerprint density at radius 2 is 1.62 bits per heavy atom. The SMILES string of the molecule is CC(C)c1ccc(C(Br)c2ccc3[nH]c(=O)oc3c2)cc1. The molecule has 0 radical (unpaired) electrons. The highest BCUT2D eigenvalue weighted by atomic mass is 79.9. The monoisotopic (exact) mass is 345 g/mol. The van der Waals surface area contributed by atoms with E-state index in [1.54, 1.807) is 0 Å². The number of aromatic amines is 1. The summed E-state index contributed by atoms with van der Waals surface area (Å²) in [6.45, 7) is 4.37. The van der Waals surface area contributed by atoms with Gasteiger partial charge in [0.1, 0.15) is 0 Å². The first-order valence-corrected chi connectivity index (χ1v) is 7.83. The minimum absolute atomic E-state index is 0.0725. The Morgan fingerprint density at radius 1 is 1.00 bits per heavy atom. The van der Waals surface area contributed by atoms with E-state index in [0.717, 1.165) is 11.1 Å². The minimum Gasteiger partial charge on any atom is -0.408 e. The van der Waals surface area contributed by atoms with Crippen molar-refractivity contribution < 1.29 is 4.42 Å². The number of nitrogens with one attached hydrogen (secondary N) is 1. The molecule has 1 unspecified atom stereocenters. The maximum atomic E-state index is 11.2. The van der Waals surface area contributed by atoms with Crippen molar-refractivity contribution in [2.24, 2.45) is 0 Å². The number of halogens is 1. The van der Waals surface area contributed by atoms with Gasteiger partial charge < -0.3 is 4.42 Å². The number of rotatable bonds is 3. The van der Waals surface area contributed by atoms with Crippen LogP contribution >= 0.6 is 15.9 Å². The third-order valence-electron chi connectivity index (χ3n) is 3.63. The lowest BCUT2D eigenvalue weighted by Crippen LogP contribution is -1.94. The number of benzene rings is 2. The topological polar surface area (TPSA) is 46.0 Å². The standard InChI is InChI=1S/C17H16BrNO2/c1-10(2)11-3-5-12(6-4-11)16(18)13-7-8-14-15(9-13)21-17(20)19-14/h3-10,16H,1-2H3,(H,19,20). The van der Waals surface area contributed by atoms with Crippen molar-refractivity contribution >= 4 is 27.0 Å². The number of fused-ring (bicyclic) bond motifs is 1. The summed E-state index contributed by atoms with van der Waals surface area (Å²) in [7, 11) is 0. The van der Waals surface area contributed by atoms with Gasteiger partial charge in [0, 0.05) is 0 Å². The van der Waals surface area contributed by atoms with E-state index in [0.29, 0.717) is 11.5 Å². The van der Waals surface area contributed by atoms with E-state index < -0.39 is 5.76 Å². The van der Waals surface area contributed by atoms with Gasteiger partial charge in [-0.3, -0.25) is 4.98 Å². The summed E-state index contributed by atoms with van der Waals surface area (Å²) in [6.07, 6.45) is 0. The second-order valence-electron chi connectivity index (χ2n) is 5.45. The molecule has 3 rings (SSSR count). The summed E-state index contributed by atoms with van der Waals surface area (Å²) in [6, 6.07) is 14.3. The van der Waals surface area contributed by atoms with Crippen molar-refractivity contribution in [2.45, 2.75) is 24.6 Å². The largest absolute Gasteiger partial charge is 0.417 e. The van der Waals surface area contributed by atoms with E-state index in [1.807, 2.05) is 18.2 Å². The van der Waals surface area contributed by atoms with Gasteiger partial charge in [-0.25, -0.2) is 4.79 Å². The zero-order valence-electron chi connectivity index (χ0n) is 11.9. The molecule has 1 aromatic heterocycles. The molecule has 0 aliphatic heterocycles. The second kappa shape index (κ2) is 5.53. The summed E-state index contributed by atoms with van der Waals surface area (Å²) < 4.78 is 5.11. The van der Waals surface area contributed by atoms with E-state index >= 15 is 0 Å². The second-order valence-corrected chi connectivity index (χ2v) is 6.37. The molecule has 4 heteroatoms. The Kier molecular flexibility index (Phi) is 3.72. The fourth-order valence-corrected chi connectivity index (χ4v) is 2.95. The zero-order chi connectivity index (χ0) is 15.0. The summed E-state index contributed by atoms with van der Waals surface area (Å²) in [5.41, 5.74) is 4.86. The van der Waals surface area contributed by atoms with Gasteiger partial charge in [0.25, 0.3) is 0 Å². The Bertz CT molecular complexity index is 815. The molecule has 0 amide bonds. The van der Waals surface area contributed by atoms with Crippen LogP contribution in [0.5, 0.6) is 0 Å². The summed E-state index contributed by atoms with van der Waals surface area (Å²) in [5, 5.41) is 0. The van der Waals surface area contributed by atoms with Crippen LogP contribution in [0, 0.1) is 0 Å². The number of hydrogen-bond donors (Lipinski definition) is 1. The molecular weight excluding hydrogens is 330 g/mol. The lowest BCUT2D eigenvalue weighted by Gasteiger charge is -2.12. The summed E-state index contributed by atoms with van der Waals surface area (Å²) in [5.74, 6) is 0.105. The third kappa shape index (κ3) is 2.81. The molecule has 0 saturated heterocycles. The highest BCUT2D eigenvalue weighted by Gasteiger charge is 2.12. The normalized spacial score (nSPS) is 13.0. The minimum atomic E-state index is -0.422. The number of oxazole rings is 1. The van der Waals surface area contributed by atoms with Gasteiger partial charge in [-0.05, 0) is 34.7 Å². The van der Waals surface area contributed by atoms with Gasteiger partial charge in [-0.15, -0.1) is 0 Å². The van der Waals surface area contributed by atoms with Crippen LogP contribution in [0.1, 0.15) is 41.3 Å². The van der Waals surface area contributed by atoms with Crippen LogP contribution in [0.2, 0.25) is 0 Å². The molecule has 1 atom stereocenters. The molecule has 2 aromatic carbocycles. The Hall–Kier alpha value is -1.81. The predicted octanol–water partition coefficient (Wildman–Crippen LogP) is 4.73. The molecule has 0 aliphatic carbocycles. The first-order valence-electron chi connectivity index (χ1n) is 6.91. The number of H-pyrrole nitrogens is 1. The molecular formula is C17H16BrNO2. The lowest BCUT2D eigenvalue weighted by atomic mass is 9.99. The van der Waals surface area contributed by atoms with Crippen molar-refractivity contribution in [3.63, 3.8) is 0 Å². The molecule has 3 aromatic rings. The fraction of sp³-hybridized carbons (Fsp3) is 0.235. The van der Waals surface area contributed by atoms with E-state index in [9.17, 15) is 4.79 Å². The molecule has 0 bridgehead atoms. The molecule has 0 saturated carbocycles. The summed E-state index contributed by atoms with van der Waals surface area (Å²) in [4.78, 5) is 13.9. The third-order valence-corrected chi connectivity index (χ3v) is 4.69. The maximum Gasteiger partial charge on any atom is 0.417 e. The van der Waals surface area contributed by atoms with E-state index in [2.05, 4.69) is 59.0 Å². The van der Waals surface area contributed by atoms with Crippen LogP contribution in [0.3, 0.4) is 0 Å². The summed E-state index contributed by atoms with van der Waals surface area (Å²) >= 11 is 3.72. The van der Waals surface area contributed by atoms with Crippen LogP contribution < -0.4 is 5.76 Å². The van der Waals surface area contributed by atoms with Crippen molar-refractivity contribution in [3.05, 3.63) is 69.7 Å². The molecule has 21 heavy (non-hydrogen) atoms. The molecule has 1 heterocycles. The van der Waals surface area contributed by atoms with Gasteiger partial charge in [-0.2, -0.15) is 0 Å². The average Bonchev–Trinajstić information content (AvgIpc) is 2.85. The van der Waals surface area contributed by atoms with Crippen molar-refractivity contribution in [3.8, 4) is 0 Å². The Morgan fingerprint density at radius 3 is 2.29 bits per heavy atom. The van der Waals surface area contributed by atoms with Crippen molar-refractivity contribution in [1.82, 2.24) is 4.98 Å². The number of alkyl halides is 1. The Labute approximate surface area is 131 Å². The lowest BCUT2D eigenvalue weighted by molar-refractivity contribution is 0.555. The number of aromatic nitrogens is 1. The van der Waals surface area contributed by atoms with Gasteiger partial charge in [0.05, 0.1) is 10.3 Å². The van der Waals surface area contributed by atoms with Gasteiger partial charge >= 0.3 is 5.76 Å². The number of hydrogen-bond acceptors (Lipinski definition) is 2. The first-order chi connectivity index (χ1) is 10.0. The quantitative estimate of drug-likeness (QED) is 0.697. The van der Waals surface area contributed by atoms with Crippen molar-refractivity contribution in [2.75, 3.05) is 0 Å². The Balaban J connectivity index is 1.95. The van der Waals surface area contributed by atoms with Gasteiger partial charge in [0.2, 0.25) is 0 Å². The van der Waals surface area contributed by atoms with Crippen LogP contribution in [-0.2, 0) is 0 Å². The molecule has 3 nitrogen and oxygen atoms in total. The van der Waals surface area contributed by atoms with Gasteiger partial charge in [0.15, 0.2) is 5.58 Å². The van der Waals surface area contributed by atoms with E-state index in [1.165, 1.54) is 11.1 Å². The highest BCUT2D eigenvalue weighted by molar-refractivity contribution is 9.09. The fourth-order valence-electron chi connectivity index (χ4n) is 2.36. The van der Waals surface area contributed by atoms with E-state index in [4.69, 9.17) is 4.42 Å². The van der Waals surface area contributed by atoms with E-state index in [-0.39, 0.29) is 4.83 Å². The van der Waals surface area contributed by atoms with Crippen LogP contribution in [0.4, 0.5) is 0 Å². The molecule has 0 fully saturated rings. The van der Waals surface area contributed by atoms with Crippen LogP contribution in [0.25, 0.3) is 11.1 Å². The highest BCUT2D eigenvalue weighted by Crippen LogP contribution is 2.32. The molecule has 1 N–H and O–H groups in total. The maximum absolute atomic E-state index is 11.2. The average molecular weight is 346 g/mol. The zero-order valence-corrected chi connectivity index (χ0v) is 13.5. The molecule has 0 aliphatic rings.